The van der Waals surface area contributed by atoms with E-state index in [4.69, 9.17) is 4.74 Å². The van der Waals surface area contributed by atoms with E-state index in [0.717, 1.165) is 30.6 Å². The molecule has 0 radical (unpaired) electrons. The van der Waals surface area contributed by atoms with Crippen LogP contribution in [-0.4, -0.2) is 74.8 Å². The van der Waals surface area contributed by atoms with E-state index in [0.29, 0.717) is 36.5 Å². The van der Waals surface area contributed by atoms with Crippen molar-refractivity contribution in [1.82, 2.24) is 9.80 Å². The van der Waals surface area contributed by atoms with Crippen LogP contribution in [0.15, 0.2) is 42.5 Å². The van der Waals surface area contributed by atoms with E-state index in [1.54, 1.807) is 36.2 Å². The maximum absolute atomic E-state index is 13.4. The normalized spacial score (nSPS) is 32.5. The molecular weight excluding hydrogens is 498 g/mol. The molecule has 3 fully saturated rings. The van der Waals surface area contributed by atoms with E-state index in [1.165, 1.54) is 31.1 Å². The summed E-state index contributed by atoms with van der Waals surface area (Å²) in [7, 11) is 1.75. The fourth-order valence-corrected chi connectivity index (χ4v) is 8.04. The summed E-state index contributed by atoms with van der Waals surface area (Å²) in [6.07, 6.45) is 7.62. The van der Waals surface area contributed by atoms with E-state index in [-0.39, 0.29) is 29.4 Å². The summed E-state index contributed by atoms with van der Waals surface area (Å²) < 4.78 is 6.57. The molecule has 1 saturated heterocycles. The van der Waals surface area contributed by atoms with Crippen LogP contribution in [0.3, 0.4) is 0 Å². The van der Waals surface area contributed by atoms with Crippen molar-refractivity contribution in [1.29, 1.82) is 0 Å². The molecule has 9 nitrogen and oxygen atoms in total. The average Bonchev–Trinajstić information content (AvgIpc) is 3.67. The highest BCUT2D eigenvalue weighted by Gasteiger charge is 2.73. The Balaban J connectivity index is 1.22. The molecule has 2 N–H and O–H groups in total. The van der Waals surface area contributed by atoms with Gasteiger partial charge in [-0.05, 0) is 74.3 Å². The number of nitro groups is 1. The second-order valence-electron chi connectivity index (χ2n) is 12.0. The van der Waals surface area contributed by atoms with Crippen molar-refractivity contribution in [2.45, 2.75) is 67.7 Å². The number of hydrogen-bond acceptors (Lipinski definition) is 7. The number of likely N-dealkylation sites (tertiary alicyclic amines) is 1. The average molecular weight is 532 g/mol. The third-order valence-corrected chi connectivity index (χ3v) is 10.1. The summed E-state index contributed by atoms with van der Waals surface area (Å²) in [4.78, 5) is 28.2. The Hall–Kier alpha value is -3.43. The molecule has 2 aromatic carbocycles. The SMILES string of the molecule is CN(C(=O)C=Cc1cccc([N+](=O)[O-])c1)[C@H]1CC[C@@]2(O)[C@H]3Cc4ccc(O)c5c4[C@@]2(CCN3CC2CC2)[C@H]1O5. The minimum Gasteiger partial charge on any atom is -0.504 e. The van der Waals surface area contributed by atoms with Gasteiger partial charge < -0.3 is 19.8 Å². The number of non-ortho nitro benzene ring substituents is 1. The minimum absolute atomic E-state index is 0.0170. The van der Waals surface area contributed by atoms with Gasteiger partial charge in [0, 0.05) is 43.4 Å². The first-order chi connectivity index (χ1) is 18.7. The van der Waals surface area contributed by atoms with Gasteiger partial charge in [-0.3, -0.25) is 19.8 Å². The van der Waals surface area contributed by atoms with Crippen LogP contribution in [0.1, 0.15) is 48.8 Å². The van der Waals surface area contributed by atoms with Crippen molar-refractivity contribution in [2.75, 3.05) is 20.1 Å². The van der Waals surface area contributed by atoms with Gasteiger partial charge in [0.15, 0.2) is 11.5 Å². The number of nitro benzene ring substituents is 1. The van der Waals surface area contributed by atoms with Gasteiger partial charge >= 0.3 is 0 Å². The summed E-state index contributed by atoms with van der Waals surface area (Å²) in [6, 6.07) is 9.51. The number of likely N-dealkylation sites (N-methyl/N-ethyl adjacent to an activating group) is 1. The standard InChI is InChI=1S/C30H33N3O6/c1-31(25(35)10-7-18-3-2-4-21(15-18)33(37)38)22-11-12-30(36)24-16-20-8-9-23(34)27-26(20)29(30,28(22)39-27)13-14-32(24)17-19-5-6-19/h2-4,7-10,15,19,22,24,28,34,36H,5-6,11-14,16-17H2,1H3/t22-,24+,28-,29-,30+/m0/s1. The zero-order chi connectivity index (χ0) is 27.1. The molecule has 2 heterocycles. The van der Waals surface area contributed by atoms with Gasteiger partial charge in [-0.15, -0.1) is 0 Å². The molecule has 1 spiro atoms. The lowest BCUT2D eigenvalue weighted by Crippen LogP contribution is -2.78. The van der Waals surface area contributed by atoms with Crippen molar-refractivity contribution < 1.29 is 24.7 Å². The molecule has 0 aromatic heterocycles. The van der Waals surface area contributed by atoms with Gasteiger partial charge in [-0.1, -0.05) is 18.2 Å². The number of rotatable bonds is 6. The van der Waals surface area contributed by atoms with Crippen molar-refractivity contribution >= 4 is 17.7 Å². The Labute approximate surface area is 226 Å². The fourth-order valence-electron chi connectivity index (χ4n) is 8.04. The lowest BCUT2D eigenvalue weighted by Gasteiger charge is -2.64. The van der Waals surface area contributed by atoms with E-state index in [1.807, 2.05) is 6.07 Å². The Morgan fingerprint density at radius 3 is 2.85 bits per heavy atom. The van der Waals surface area contributed by atoms with Crippen LogP contribution in [-0.2, 0) is 16.6 Å². The number of piperidine rings is 1. The predicted molar refractivity (Wildman–Crippen MR) is 143 cm³/mol. The smallest absolute Gasteiger partial charge is 0.270 e. The Bertz CT molecular complexity index is 1410. The van der Waals surface area contributed by atoms with Gasteiger partial charge in [0.05, 0.1) is 22.0 Å². The van der Waals surface area contributed by atoms with E-state index >= 15 is 0 Å². The number of nitrogens with zero attached hydrogens (tertiary/aromatic N) is 3. The highest BCUT2D eigenvalue weighted by molar-refractivity contribution is 5.92. The molecular formula is C30H33N3O6. The molecule has 39 heavy (non-hydrogen) atoms. The highest BCUT2D eigenvalue weighted by atomic mass is 16.6. The first-order valence-electron chi connectivity index (χ1n) is 13.9. The highest BCUT2D eigenvalue weighted by Crippen LogP contribution is 2.66. The van der Waals surface area contributed by atoms with Gasteiger partial charge in [0.2, 0.25) is 5.91 Å². The number of aliphatic hydroxyl groups is 1. The van der Waals surface area contributed by atoms with E-state index < -0.39 is 22.0 Å². The molecule has 2 bridgehead atoms. The number of hydrogen-bond donors (Lipinski definition) is 2. The maximum Gasteiger partial charge on any atom is 0.270 e. The molecule has 7 rings (SSSR count). The summed E-state index contributed by atoms with van der Waals surface area (Å²) in [5.41, 5.74) is 0.906. The Morgan fingerprint density at radius 1 is 1.26 bits per heavy atom. The number of carbonyl (C=O) groups excluding carboxylic acids is 1. The van der Waals surface area contributed by atoms with Crippen LogP contribution < -0.4 is 4.74 Å². The number of phenolic OH excluding ortho intramolecular Hbond substituents is 1. The minimum atomic E-state index is -1.00. The summed E-state index contributed by atoms with van der Waals surface area (Å²) in [5, 5.41) is 34.5. The zero-order valence-corrected chi connectivity index (χ0v) is 22.0. The molecule has 0 unspecified atom stereocenters. The number of ether oxygens (including phenoxy) is 1. The third-order valence-electron chi connectivity index (χ3n) is 10.1. The van der Waals surface area contributed by atoms with Crippen molar-refractivity contribution in [3.05, 3.63) is 69.3 Å². The third kappa shape index (κ3) is 3.49. The molecule has 5 aliphatic rings. The molecule has 2 saturated carbocycles. The number of phenols is 1. The van der Waals surface area contributed by atoms with Crippen LogP contribution in [0.5, 0.6) is 11.5 Å². The lowest BCUT2D eigenvalue weighted by atomic mass is 9.48. The van der Waals surface area contributed by atoms with Crippen LogP contribution in [0.25, 0.3) is 6.08 Å². The van der Waals surface area contributed by atoms with Crippen molar-refractivity contribution in [2.24, 2.45) is 5.92 Å². The fraction of sp³-hybridized carbons (Fsp3) is 0.500. The van der Waals surface area contributed by atoms with Gasteiger partial charge in [0.25, 0.3) is 5.69 Å². The molecule has 2 aliphatic heterocycles. The zero-order valence-electron chi connectivity index (χ0n) is 22.0. The maximum atomic E-state index is 13.4. The second kappa shape index (κ2) is 8.53. The molecule has 2 aromatic rings. The molecule has 5 atom stereocenters. The van der Waals surface area contributed by atoms with Gasteiger partial charge in [0.1, 0.15) is 6.10 Å². The number of benzene rings is 2. The number of amides is 1. The Kier molecular flexibility index (Phi) is 5.38. The van der Waals surface area contributed by atoms with Crippen LogP contribution in [0.4, 0.5) is 5.69 Å². The van der Waals surface area contributed by atoms with Gasteiger partial charge in [-0.2, -0.15) is 0 Å². The van der Waals surface area contributed by atoms with Crippen LogP contribution in [0.2, 0.25) is 0 Å². The van der Waals surface area contributed by atoms with Crippen LogP contribution >= 0.6 is 0 Å². The topological polar surface area (TPSA) is 116 Å². The summed E-state index contributed by atoms with van der Waals surface area (Å²) >= 11 is 0. The Morgan fingerprint density at radius 2 is 2.08 bits per heavy atom. The quantitative estimate of drug-likeness (QED) is 0.333. The molecule has 1 amide bonds. The number of aromatic hydroxyl groups is 1. The lowest BCUT2D eigenvalue weighted by molar-refractivity contribution is -0.384. The monoisotopic (exact) mass is 531 g/mol. The van der Waals surface area contributed by atoms with Crippen LogP contribution in [0, 0.1) is 16.0 Å². The molecule has 3 aliphatic carbocycles. The van der Waals surface area contributed by atoms with E-state index in [9.17, 15) is 25.1 Å². The summed E-state index contributed by atoms with van der Waals surface area (Å²) in [6.45, 7) is 1.87. The predicted octanol–water partition coefficient (Wildman–Crippen LogP) is 3.40. The van der Waals surface area contributed by atoms with Crippen molar-refractivity contribution in [3.63, 3.8) is 0 Å². The molecule has 204 valence electrons. The summed E-state index contributed by atoms with van der Waals surface area (Å²) in [5.74, 6) is 1.02. The van der Waals surface area contributed by atoms with Gasteiger partial charge in [-0.25, -0.2) is 0 Å². The molecule has 9 heteroatoms. The van der Waals surface area contributed by atoms with E-state index in [2.05, 4.69) is 4.90 Å². The number of carbonyl (C=O) groups is 1. The first kappa shape index (κ1) is 24.6. The largest absolute Gasteiger partial charge is 0.504 e. The first-order valence-corrected chi connectivity index (χ1v) is 13.9. The van der Waals surface area contributed by atoms with Crippen molar-refractivity contribution in [3.8, 4) is 11.5 Å². The second-order valence-corrected chi connectivity index (χ2v) is 12.0.